The van der Waals surface area contributed by atoms with Crippen molar-refractivity contribution in [2.75, 3.05) is 0 Å². The van der Waals surface area contributed by atoms with Gasteiger partial charge >= 0.3 is 5.97 Å². The van der Waals surface area contributed by atoms with Crippen LogP contribution < -0.4 is 0 Å². The van der Waals surface area contributed by atoms with Gasteiger partial charge in [0.2, 0.25) is 0 Å². The van der Waals surface area contributed by atoms with Crippen molar-refractivity contribution < 1.29 is 14.6 Å². The van der Waals surface area contributed by atoms with Crippen molar-refractivity contribution in [1.82, 2.24) is 0 Å². The molecule has 0 spiro atoms. The van der Waals surface area contributed by atoms with Gasteiger partial charge in [-0.3, -0.25) is 0 Å². The molecule has 0 bridgehead atoms. The predicted molar refractivity (Wildman–Crippen MR) is 67.6 cm³/mol. The van der Waals surface area contributed by atoms with E-state index in [2.05, 4.69) is 0 Å². The topological polar surface area (TPSA) is 46.5 Å². The van der Waals surface area contributed by atoms with Gasteiger partial charge in [-0.1, -0.05) is 18.9 Å². The van der Waals surface area contributed by atoms with E-state index in [9.17, 15) is 9.90 Å². The van der Waals surface area contributed by atoms with Crippen LogP contribution in [0.5, 0.6) is 0 Å². The lowest BCUT2D eigenvalue weighted by atomic mass is 9.85. The highest BCUT2D eigenvalue weighted by Gasteiger charge is 2.23. The molecule has 0 radical (unpaired) electrons. The van der Waals surface area contributed by atoms with Crippen LogP contribution in [0.15, 0.2) is 11.6 Å². The summed E-state index contributed by atoms with van der Waals surface area (Å²) in [6, 6.07) is 0. The molecule has 1 fully saturated rings. The predicted octanol–water partition coefficient (Wildman–Crippen LogP) is 2.83. The van der Waals surface area contributed by atoms with E-state index in [-0.39, 0.29) is 18.0 Å². The van der Waals surface area contributed by atoms with Crippen molar-refractivity contribution in [2.45, 2.75) is 65.1 Å². The smallest absolute Gasteiger partial charge is 0.333 e. The second-order valence-electron chi connectivity index (χ2n) is 5.87. The number of carbonyl (C=O) groups excluding carboxylic acids is 1. The molecule has 0 amide bonds. The second kappa shape index (κ2) is 5.67. The van der Waals surface area contributed by atoms with E-state index < -0.39 is 5.60 Å². The molecular formula is C14H24O3. The molecule has 1 rings (SSSR count). The number of esters is 1. The van der Waals surface area contributed by atoms with Gasteiger partial charge in [0.25, 0.3) is 0 Å². The molecule has 3 heteroatoms. The Bertz CT molecular complexity index is 299. The van der Waals surface area contributed by atoms with E-state index in [1.807, 2.05) is 26.8 Å². The van der Waals surface area contributed by atoms with Gasteiger partial charge in [-0.15, -0.1) is 0 Å². The first-order valence-electron chi connectivity index (χ1n) is 6.39. The SMILES string of the molecule is CC(=CC1CCCCC1O)C(=O)OC(C)(C)C. The fourth-order valence-corrected chi connectivity index (χ4v) is 2.08. The Morgan fingerprint density at radius 2 is 1.88 bits per heavy atom. The molecule has 1 N–H and O–H groups in total. The molecule has 3 nitrogen and oxygen atoms in total. The highest BCUT2D eigenvalue weighted by Crippen LogP contribution is 2.26. The van der Waals surface area contributed by atoms with Crippen molar-refractivity contribution in [3.05, 3.63) is 11.6 Å². The van der Waals surface area contributed by atoms with E-state index in [4.69, 9.17) is 4.74 Å². The van der Waals surface area contributed by atoms with Gasteiger partial charge in [-0.2, -0.15) is 0 Å². The fourth-order valence-electron chi connectivity index (χ4n) is 2.08. The van der Waals surface area contributed by atoms with Crippen molar-refractivity contribution in [1.29, 1.82) is 0 Å². The highest BCUT2D eigenvalue weighted by molar-refractivity contribution is 5.88. The summed E-state index contributed by atoms with van der Waals surface area (Å²) in [4.78, 5) is 11.8. The number of hydrogen-bond donors (Lipinski definition) is 1. The van der Waals surface area contributed by atoms with Crippen LogP contribution in [0, 0.1) is 5.92 Å². The lowest BCUT2D eigenvalue weighted by molar-refractivity contribution is -0.149. The van der Waals surface area contributed by atoms with Crippen LogP contribution in [-0.4, -0.2) is 22.8 Å². The summed E-state index contributed by atoms with van der Waals surface area (Å²) in [5.41, 5.74) is 0.142. The third-order valence-electron chi connectivity index (χ3n) is 2.97. The van der Waals surface area contributed by atoms with Gasteiger partial charge in [0, 0.05) is 11.5 Å². The number of hydrogen-bond acceptors (Lipinski definition) is 3. The Labute approximate surface area is 104 Å². The number of ether oxygens (including phenoxy) is 1. The molecule has 1 saturated carbocycles. The third-order valence-corrected chi connectivity index (χ3v) is 2.97. The first kappa shape index (κ1) is 14.2. The summed E-state index contributed by atoms with van der Waals surface area (Å²) in [5.74, 6) is -0.174. The summed E-state index contributed by atoms with van der Waals surface area (Å²) in [5, 5.41) is 9.84. The van der Waals surface area contributed by atoms with Crippen LogP contribution in [0.4, 0.5) is 0 Å². The van der Waals surface area contributed by atoms with Gasteiger partial charge < -0.3 is 9.84 Å². The molecular weight excluding hydrogens is 216 g/mol. The van der Waals surface area contributed by atoms with Gasteiger partial charge in [-0.25, -0.2) is 4.79 Å². The molecule has 98 valence electrons. The molecule has 0 aliphatic heterocycles. The maximum Gasteiger partial charge on any atom is 0.333 e. The van der Waals surface area contributed by atoms with Gasteiger partial charge in [0.1, 0.15) is 5.60 Å². The molecule has 0 aromatic carbocycles. The monoisotopic (exact) mass is 240 g/mol. The standard InChI is InChI=1S/C14H24O3/c1-10(13(16)17-14(2,3)4)9-11-7-5-6-8-12(11)15/h9,11-12,15H,5-8H2,1-4H3. The maximum atomic E-state index is 11.8. The summed E-state index contributed by atoms with van der Waals surface area (Å²) in [6.07, 6.45) is 5.57. The van der Waals surface area contributed by atoms with Crippen molar-refractivity contribution in [3.8, 4) is 0 Å². The zero-order valence-electron chi connectivity index (χ0n) is 11.3. The van der Waals surface area contributed by atoms with E-state index in [1.54, 1.807) is 6.92 Å². The molecule has 0 heterocycles. The third kappa shape index (κ3) is 4.90. The molecule has 0 aromatic rings. The maximum absolute atomic E-state index is 11.8. The van der Waals surface area contributed by atoms with Crippen LogP contribution in [0.1, 0.15) is 53.4 Å². The number of aliphatic hydroxyl groups excluding tert-OH is 1. The Hall–Kier alpha value is -0.830. The molecule has 2 unspecified atom stereocenters. The lowest BCUT2D eigenvalue weighted by Gasteiger charge is -2.26. The summed E-state index contributed by atoms with van der Waals surface area (Å²) in [7, 11) is 0. The highest BCUT2D eigenvalue weighted by atomic mass is 16.6. The lowest BCUT2D eigenvalue weighted by Crippen LogP contribution is -2.26. The zero-order valence-corrected chi connectivity index (χ0v) is 11.3. The Morgan fingerprint density at radius 3 is 2.41 bits per heavy atom. The number of carbonyl (C=O) groups is 1. The number of rotatable bonds is 2. The normalized spacial score (nSPS) is 26.8. The molecule has 2 atom stereocenters. The molecule has 1 aliphatic rings. The van der Waals surface area contributed by atoms with Crippen LogP contribution in [0.3, 0.4) is 0 Å². The summed E-state index contributed by atoms with van der Waals surface area (Å²) >= 11 is 0. The van der Waals surface area contributed by atoms with Crippen molar-refractivity contribution >= 4 is 5.97 Å². The molecule has 0 aromatic heterocycles. The Kier molecular flexibility index (Phi) is 4.75. The first-order valence-corrected chi connectivity index (χ1v) is 6.39. The molecule has 17 heavy (non-hydrogen) atoms. The van der Waals surface area contributed by atoms with Crippen LogP contribution >= 0.6 is 0 Å². The molecule has 0 saturated heterocycles. The quantitative estimate of drug-likeness (QED) is 0.596. The number of aliphatic hydroxyl groups is 1. The minimum atomic E-state index is -0.461. The second-order valence-corrected chi connectivity index (χ2v) is 5.87. The average molecular weight is 240 g/mol. The van der Waals surface area contributed by atoms with E-state index in [0.29, 0.717) is 5.57 Å². The summed E-state index contributed by atoms with van der Waals surface area (Å²) in [6.45, 7) is 7.32. The van der Waals surface area contributed by atoms with E-state index in [1.165, 1.54) is 0 Å². The van der Waals surface area contributed by atoms with E-state index >= 15 is 0 Å². The Balaban J connectivity index is 2.61. The largest absolute Gasteiger partial charge is 0.457 e. The zero-order chi connectivity index (χ0) is 13.1. The van der Waals surface area contributed by atoms with Gasteiger partial charge in [0.05, 0.1) is 6.10 Å². The first-order chi connectivity index (χ1) is 7.79. The average Bonchev–Trinajstić information content (AvgIpc) is 2.18. The van der Waals surface area contributed by atoms with E-state index in [0.717, 1.165) is 25.7 Å². The van der Waals surface area contributed by atoms with Gasteiger partial charge in [-0.05, 0) is 40.5 Å². The Morgan fingerprint density at radius 1 is 1.29 bits per heavy atom. The fraction of sp³-hybridized carbons (Fsp3) is 0.786. The van der Waals surface area contributed by atoms with Crippen LogP contribution in [-0.2, 0) is 9.53 Å². The van der Waals surface area contributed by atoms with Crippen LogP contribution in [0.25, 0.3) is 0 Å². The minimum Gasteiger partial charge on any atom is -0.457 e. The molecule has 1 aliphatic carbocycles. The van der Waals surface area contributed by atoms with Crippen LogP contribution in [0.2, 0.25) is 0 Å². The minimum absolute atomic E-state index is 0.108. The summed E-state index contributed by atoms with van der Waals surface area (Å²) < 4.78 is 5.29. The van der Waals surface area contributed by atoms with Crippen molar-refractivity contribution in [2.24, 2.45) is 5.92 Å². The van der Waals surface area contributed by atoms with Gasteiger partial charge in [0.15, 0.2) is 0 Å². The van der Waals surface area contributed by atoms with Crippen molar-refractivity contribution in [3.63, 3.8) is 0 Å².